The van der Waals surface area contributed by atoms with Crippen molar-refractivity contribution < 1.29 is 19.1 Å². The van der Waals surface area contributed by atoms with Gasteiger partial charge in [-0.25, -0.2) is 4.79 Å². The highest BCUT2D eigenvalue weighted by molar-refractivity contribution is 5.84. The minimum atomic E-state index is -0.568. The Balaban J connectivity index is 1.75. The van der Waals surface area contributed by atoms with E-state index in [2.05, 4.69) is 5.32 Å². The highest BCUT2D eigenvalue weighted by Crippen LogP contribution is 2.20. The molecule has 0 unspecified atom stereocenters. The predicted molar refractivity (Wildman–Crippen MR) is 92.9 cm³/mol. The summed E-state index contributed by atoms with van der Waals surface area (Å²) >= 11 is 0. The van der Waals surface area contributed by atoms with Crippen molar-refractivity contribution in [3.63, 3.8) is 0 Å². The van der Waals surface area contributed by atoms with Crippen molar-refractivity contribution in [2.45, 2.75) is 32.7 Å². The average molecular weight is 329 g/mol. The van der Waals surface area contributed by atoms with Gasteiger partial charge in [0.2, 0.25) is 0 Å². The molecule has 0 bridgehead atoms. The van der Waals surface area contributed by atoms with Crippen LogP contribution < -0.4 is 10.1 Å². The normalized spacial score (nSPS) is 11.8. The molecule has 1 atom stereocenters. The quantitative estimate of drug-likeness (QED) is 0.756. The third-order valence-electron chi connectivity index (χ3n) is 3.57. The number of nitrogens with one attached hydrogen (secondary N) is 1. The fraction of sp³-hybridized carbons (Fsp3) is 0.368. The van der Waals surface area contributed by atoms with Crippen LogP contribution in [0.5, 0.6) is 5.75 Å². The topological polar surface area (TPSA) is 64.6 Å². The van der Waals surface area contributed by atoms with E-state index in [0.29, 0.717) is 5.75 Å². The van der Waals surface area contributed by atoms with Crippen LogP contribution in [0.1, 0.15) is 26.7 Å². The lowest BCUT2D eigenvalue weighted by molar-refractivity contribution is -0.150. The third kappa shape index (κ3) is 5.57. The van der Waals surface area contributed by atoms with Crippen LogP contribution in [0.4, 0.5) is 0 Å². The van der Waals surface area contributed by atoms with Crippen LogP contribution >= 0.6 is 0 Å². The van der Waals surface area contributed by atoms with E-state index in [1.54, 1.807) is 6.07 Å². The van der Waals surface area contributed by atoms with Crippen LogP contribution in [0.25, 0.3) is 10.8 Å². The maximum Gasteiger partial charge on any atom is 0.344 e. The van der Waals surface area contributed by atoms with Crippen molar-refractivity contribution in [3.05, 3.63) is 42.5 Å². The van der Waals surface area contributed by atoms with Crippen LogP contribution in [-0.4, -0.2) is 31.1 Å². The Labute approximate surface area is 141 Å². The molecule has 2 aromatic carbocycles. The van der Waals surface area contributed by atoms with Crippen LogP contribution in [0, 0.1) is 0 Å². The first-order valence-corrected chi connectivity index (χ1v) is 8.15. The molecular formula is C19H23NO4. The maximum absolute atomic E-state index is 11.7. The van der Waals surface area contributed by atoms with E-state index in [4.69, 9.17) is 9.47 Å². The third-order valence-corrected chi connectivity index (χ3v) is 3.57. The number of carbonyl (C=O) groups is 2. The molecule has 0 saturated carbocycles. The van der Waals surface area contributed by atoms with Gasteiger partial charge in [0.05, 0.1) is 0 Å². The van der Waals surface area contributed by atoms with Crippen molar-refractivity contribution >= 4 is 22.6 Å². The Morgan fingerprint density at radius 3 is 2.58 bits per heavy atom. The van der Waals surface area contributed by atoms with E-state index in [1.165, 1.54) is 0 Å². The van der Waals surface area contributed by atoms with Gasteiger partial charge in [-0.1, -0.05) is 43.7 Å². The number of ether oxygens (including phenoxy) is 2. The molecule has 0 spiro atoms. The zero-order valence-electron chi connectivity index (χ0n) is 14.1. The average Bonchev–Trinajstić information content (AvgIpc) is 2.58. The maximum atomic E-state index is 11.7. The number of carbonyl (C=O) groups excluding carboxylic acids is 2. The SMILES string of the molecule is CCC[C@@H](C)NC(=O)COC(=O)COc1ccc2ccccc2c1. The molecule has 2 aromatic rings. The lowest BCUT2D eigenvalue weighted by Crippen LogP contribution is -2.36. The van der Waals surface area contributed by atoms with Gasteiger partial charge in [0, 0.05) is 6.04 Å². The van der Waals surface area contributed by atoms with Crippen molar-refractivity contribution in [2.75, 3.05) is 13.2 Å². The molecule has 0 heterocycles. The first-order chi connectivity index (χ1) is 11.6. The van der Waals surface area contributed by atoms with Gasteiger partial charge < -0.3 is 14.8 Å². The molecule has 5 heteroatoms. The predicted octanol–water partition coefficient (Wildman–Crippen LogP) is 3.07. The minimum Gasteiger partial charge on any atom is -0.482 e. The molecule has 5 nitrogen and oxygen atoms in total. The zero-order chi connectivity index (χ0) is 17.4. The molecule has 0 saturated heterocycles. The molecule has 128 valence electrons. The van der Waals surface area contributed by atoms with Crippen LogP contribution in [0.2, 0.25) is 0 Å². The number of fused-ring (bicyclic) bond motifs is 1. The Bertz CT molecular complexity index is 699. The van der Waals surface area contributed by atoms with Gasteiger partial charge in [0.1, 0.15) is 5.75 Å². The second kappa shape index (κ2) is 8.91. The van der Waals surface area contributed by atoms with E-state index in [1.807, 2.05) is 50.2 Å². The Hall–Kier alpha value is -2.56. The fourth-order valence-electron chi connectivity index (χ4n) is 2.41. The van der Waals surface area contributed by atoms with Crippen molar-refractivity contribution in [1.82, 2.24) is 5.32 Å². The fourth-order valence-corrected chi connectivity index (χ4v) is 2.41. The molecule has 0 radical (unpaired) electrons. The summed E-state index contributed by atoms with van der Waals surface area (Å²) in [5.74, 6) is -0.275. The summed E-state index contributed by atoms with van der Waals surface area (Å²) < 4.78 is 10.3. The second-order valence-corrected chi connectivity index (χ2v) is 5.72. The van der Waals surface area contributed by atoms with Gasteiger partial charge in [-0.05, 0) is 36.2 Å². The van der Waals surface area contributed by atoms with Crippen molar-refractivity contribution in [1.29, 1.82) is 0 Å². The van der Waals surface area contributed by atoms with E-state index in [-0.39, 0.29) is 25.2 Å². The number of hydrogen-bond donors (Lipinski definition) is 1. The molecule has 0 aliphatic heterocycles. The van der Waals surface area contributed by atoms with Gasteiger partial charge in [0.25, 0.3) is 5.91 Å². The number of amides is 1. The van der Waals surface area contributed by atoms with Gasteiger partial charge in [0.15, 0.2) is 13.2 Å². The Morgan fingerprint density at radius 2 is 1.83 bits per heavy atom. The van der Waals surface area contributed by atoms with Gasteiger partial charge >= 0.3 is 5.97 Å². The van der Waals surface area contributed by atoms with Crippen LogP contribution in [0.3, 0.4) is 0 Å². The van der Waals surface area contributed by atoms with E-state index in [9.17, 15) is 9.59 Å². The Kier molecular flexibility index (Phi) is 6.61. The molecule has 0 fully saturated rings. The summed E-state index contributed by atoms with van der Waals surface area (Å²) in [4.78, 5) is 23.3. The zero-order valence-corrected chi connectivity index (χ0v) is 14.1. The van der Waals surface area contributed by atoms with Crippen molar-refractivity contribution in [3.8, 4) is 5.75 Å². The Morgan fingerprint density at radius 1 is 1.08 bits per heavy atom. The highest BCUT2D eigenvalue weighted by Gasteiger charge is 2.10. The minimum absolute atomic E-state index is 0.0788. The first-order valence-electron chi connectivity index (χ1n) is 8.15. The number of esters is 1. The monoisotopic (exact) mass is 329 g/mol. The summed E-state index contributed by atoms with van der Waals surface area (Å²) in [5.41, 5.74) is 0. The summed E-state index contributed by atoms with van der Waals surface area (Å²) in [5, 5.41) is 4.91. The standard InChI is InChI=1S/C19H23NO4/c1-3-6-14(2)20-18(21)12-24-19(22)13-23-17-10-9-15-7-4-5-8-16(15)11-17/h4-5,7-11,14H,3,6,12-13H2,1-2H3,(H,20,21)/t14-/m1/s1. The van der Waals surface area contributed by atoms with Gasteiger partial charge in [-0.3, -0.25) is 4.79 Å². The van der Waals surface area contributed by atoms with Crippen molar-refractivity contribution in [2.24, 2.45) is 0 Å². The second-order valence-electron chi connectivity index (χ2n) is 5.72. The molecule has 1 amide bonds. The summed E-state index contributed by atoms with van der Waals surface area (Å²) in [7, 11) is 0. The molecule has 0 aliphatic rings. The molecule has 0 aromatic heterocycles. The highest BCUT2D eigenvalue weighted by atomic mass is 16.6. The lowest BCUT2D eigenvalue weighted by atomic mass is 10.1. The van der Waals surface area contributed by atoms with Gasteiger partial charge in [-0.15, -0.1) is 0 Å². The van der Waals surface area contributed by atoms with E-state index in [0.717, 1.165) is 23.6 Å². The van der Waals surface area contributed by atoms with Gasteiger partial charge in [-0.2, -0.15) is 0 Å². The van der Waals surface area contributed by atoms with E-state index < -0.39 is 5.97 Å². The molecular weight excluding hydrogens is 306 g/mol. The lowest BCUT2D eigenvalue weighted by Gasteiger charge is -2.13. The molecule has 1 N–H and O–H groups in total. The van der Waals surface area contributed by atoms with E-state index >= 15 is 0 Å². The molecule has 2 rings (SSSR count). The number of benzene rings is 2. The largest absolute Gasteiger partial charge is 0.482 e. The smallest absolute Gasteiger partial charge is 0.344 e. The van der Waals surface area contributed by atoms with Crippen LogP contribution in [0.15, 0.2) is 42.5 Å². The molecule has 24 heavy (non-hydrogen) atoms. The summed E-state index contributed by atoms with van der Waals surface area (Å²) in [6, 6.07) is 13.6. The van der Waals surface area contributed by atoms with Crippen LogP contribution in [-0.2, 0) is 14.3 Å². The molecule has 0 aliphatic carbocycles. The summed E-state index contributed by atoms with van der Waals surface area (Å²) in [6.07, 6.45) is 1.88. The number of rotatable bonds is 8. The summed E-state index contributed by atoms with van der Waals surface area (Å²) in [6.45, 7) is 3.46. The number of hydrogen-bond acceptors (Lipinski definition) is 4. The first kappa shape index (κ1) is 17.8.